The fraction of sp³-hybridized carbons (Fsp3) is 0.833. The van der Waals surface area contributed by atoms with E-state index >= 15 is 0 Å². The van der Waals surface area contributed by atoms with Crippen LogP contribution < -0.4 is 0 Å². The topological polar surface area (TPSA) is 53.8 Å². The van der Waals surface area contributed by atoms with Gasteiger partial charge in [-0.05, 0) is 59.4 Å². The first kappa shape index (κ1) is 22.7. The summed E-state index contributed by atoms with van der Waals surface area (Å²) in [6.07, 6.45) is 5.55. The Balaban J connectivity index is 1.36. The number of aryl methyl sites for hydroxylation is 2. The zero-order valence-corrected chi connectivity index (χ0v) is 19.8. The molecule has 0 aromatic carbocycles. The molecule has 4 rings (SSSR count). The third-order valence-electron chi connectivity index (χ3n) is 7.32. The molecule has 7 heteroatoms. The average Bonchev–Trinajstić information content (AvgIpc) is 3.60. The quantitative estimate of drug-likeness (QED) is 0.601. The number of amides is 1. The molecule has 1 amide bonds. The number of piperidine rings is 1. The highest BCUT2D eigenvalue weighted by molar-refractivity contribution is 5.81. The summed E-state index contributed by atoms with van der Waals surface area (Å²) in [5, 5.41) is 4.70. The predicted molar refractivity (Wildman–Crippen MR) is 122 cm³/mol. The zero-order valence-electron chi connectivity index (χ0n) is 19.8. The number of hydrogen-bond donors (Lipinski definition) is 0. The molecule has 0 radical (unpaired) electrons. The minimum absolute atomic E-state index is 0.297. The molecule has 0 N–H and O–H groups in total. The molecule has 0 spiro atoms. The molecule has 1 saturated carbocycles. The molecule has 0 bridgehead atoms. The Labute approximate surface area is 187 Å². The molecule has 31 heavy (non-hydrogen) atoms. The third kappa shape index (κ3) is 5.68. The van der Waals surface area contributed by atoms with Crippen molar-refractivity contribution >= 4 is 5.91 Å². The summed E-state index contributed by atoms with van der Waals surface area (Å²) in [6.45, 7) is 16.2. The second-order valence-electron chi connectivity index (χ2n) is 9.61. The monoisotopic (exact) mass is 431 g/mol. The van der Waals surface area contributed by atoms with Gasteiger partial charge in [0, 0.05) is 69.0 Å². The first-order chi connectivity index (χ1) is 15.1. The number of aromatic nitrogens is 2. The molecule has 3 heterocycles. The summed E-state index contributed by atoms with van der Waals surface area (Å²) in [6, 6.07) is 0.355. The van der Waals surface area contributed by atoms with Crippen molar-refractivity contribution in [2.75, 3.05) is 52.5 Å². The minimum Gasteiger partial charge on any atom is -0.379 e. The molecule has 3 fully saturated rings. The highest BCUT2D eigenvalue weighted by Gasteiger charge is 2.37. The van der Waals surface area contributed by atoms with Crippen LogP contribution in [0.2, 0.25) is 0 Å². The van der Waals surface area contributed by atoms with E-state index in [1.807, 2.05) is 0 Å². The maximum atomic E-state index is 13.2. The molecule has 3 aliphatic rings. The summed E-state index contributed by atoms with van der Waals surface area (Å²) in [5.74, 6) is 0.714. The van der Waals surface area contributed by atoms with Gasteiger partial charge in [-0.2, -0.15) is 5.10 Å². The van der Waals surface area contributed by atoms with Gasteiger partial charge in [0.15, 0.2) is 0 Å². The van der Waals surface area contributed by atoms with Gasteiger partial charge >= 0.3 is 0 Å². The number of likely N-dealkylation sites (tertiary alicyclic amines) is 1. The van der Waals surface area contributed by atoms with Gasteiger partial charge in [-0.25, -0.2) is 0 Å². The molecule has 1 atom stereocenters. The van der Waals surface area contributed by atoms with Crippen LogP contribution in [0.15, 0.2) is 0 Å². The number of hydrogen-bond acceptors (Lipinski definition) is 5. The van der Waals surface area contributed by atoms with E-state index in [4.69, 9.17) is 9.84 Å². The molecule has 1 aromatic heterocycles. The van der Waals surface area contributed by atoms with Gasteiger partial charge in [0.2, 0.25) is 5.91 Å². The lowest BCUT2D eigenvalue weighted by molar-refractivity contribution is -0.136. The lowest BCUT2D eigenvalue weighted by Gasteiger charge is -2.40. The van der Waals surface area contributed by atoms with Gasteiger partial charge in [-0.3, -0.25) is 19.3 Å². The number of nitrogens with zero attached hydrogens (tertiary/aromatic N) is 5. The van der Waals surface area contributed by atoms with Crippen molar-refractivity contribution in [1.29, 1.82) is 0 Å². The molecule has 1 unspecified atom stereocenters. The largest absolute Gasteiger partial charge is 0.379 e. The van der Waals surface area contributed by atoms with Crippen molar-refractivity contribution in [2.45, 2.75) is 72.0 Å². The van der Waals surface area contributed by atoms with E-state index < -0.39 is 0 Å². The maximum absolute atomic E-state index is 13.2. The van der Waals surface area contributed by atoms with Gasteiger partial charge in [0.25, 0.3) is 0 Å². The van der Waals surface area contributed by atoms with Crippen molar-refractivity contribution in [3.05, 3.63) is 17.0 Å². The molecule has 1 aromatic rings. The summed E-state index contributed by atoms with van der Waals surface area (Å²) >= 11 is 0. The van der Waals surface area contributed by atoms with Crippen LogP contribution in [0.4, 0.5) is 0 Å². The third-order valence-corrected chi connectivity index (χ3v) is 7.32. The van der Waals surface area contributed by atoms with E-state index in [9.17, 15) is 4.79 Å². The van der Waals surface area contributed by atoms with Crippen LogP contribution in [0, 0.1) is 19.8 Å². The molecule has 7 nitrogen and oxygen atoms in total. The van der Waals surface area contributed by atoms with Crippen molar-refractivity contribution in [3.63, 3.8) is 0 Å². The molecular formula is C24H41N5O2. The van der Waals surface area contributed by atoms with Gasteiger partial charge < -0.3 is 9.64 Å². The first-order valence-electron chi connectivity index (χ1n) is 12.4. The summed E-state index contributed by atoms with van der Waals surface area (Å²) in [4.78, 5) is 20.5. The molecule has 2 saturated heterocycles. The van der Waals surface area contributed by atoms with E-state index in [0.717, 1.165) is 96.9 Å². The Morgan fingerprint density at radius 3 is 2.58 bits per heavy atom. The minimum atomic E-state index is 0.297. The fourth-order valence-corrected chi connectivity index (χ4v) is 5.25. The summed E-state index contributed by atoms with van der Waals surface area (Å²) < 4.78 is 7.58. The van der Waals surface area contributed by atoms with Crippen LogP contribution in [-0.2, 0) is 22.6 Å². The van der Waals surface area contributed by atoms with E-state index in [1.165, 1.54) is 17.7 Å². The van der Waals surface area contributed by atoms with Crippen LogP contribution in [0.25, 0.3) is 0 Å². The van der Waals surface area contributed by atoms with Gasteiger partial charge in [-0.1, -0.05) is 0 Å². The van der Waals surface area contributed by atoms with Crippen LogP contribution in [0.5, 0.6) is 0 Å². The van der Waals surface area contributed by atoms with Crippen LogP contribution in [0.3, 0.4) is 0 Å². The molecule has 1 aliphatic carbocycles. The van der Waals surface area contributed by atoms with Gasteiger partial charge in [0.1, 0.15) is 0 Å². The molecular weight excluding hydrogens is 390 g/mol. The Hall–Kier alpha value is -1.44. The number of carbonyl (C=O) groups excluding carboxylic acids is 1. The Bertz CT molecular complexity index is 739. The normalized spacial score (nSPS) is 23.3. The lowest BCUT2D eigenvalue weighted by atomic mass is 10.0. The van der Waals surface area contributed by atoms with Crippen LogP contribution in [0.1, 0.15) is 56.0 Å². The first-order valence-corrected chi connectivity index (χ1v) is 12.4. The lowest BCUT2D eigenvalue weighted by Crippen LogP contribution is -2.51. The van der Waals surface area contributed by atoms with E-state index in [-0.39, 0.29) is 0 Å². The predicted octanol–water partition coefficient (Wildman–Crippen LogP) is 2.45. The highest BCUT2D eigenvalue weighted by Crippen LogP contribution is 2.33. The standard InChI is InChI=1S/C24H41N5O2/c1-4-29-20(3)23(19(2)25-29)18-27-10-5-7-22(17-27)28(24(30)21-8-9-21)12-6-11-26-13-15-31-16-14-26/h21-22H,4-18H2,1-3H3. The van der Waals surface area contributed by atoms with Crippen LogP contribution >= 0.6 is 0 Å². The smallest absolute Gasteiger partial charge is 0.225 e. The average molecular weight is 432 g/mol. The number of morpholine rings is 1. The van der Waals surface area contributed by atoms with Crippen molar-refractivity contribution < 1.29 is 9.53 Å². The Morgan fingerprint density at radius 1 is 1.13 bits per heavy atom. The van der Waals surface area contributed by atoms with E-state index in [1.54, 1.807) is 0 Å². The highest BCUT2D eigenvalue weighted by atomic mass is 16.5. The molecule has 2 aliphatic heterocycles. The second-order valence-corrected chi connectivity index (χ2v) is 9.61. The number of ether oxygens (including phenoxy) is 1. The van der Waals surface area contributed by atoms with Crippen molar-refractivity contribution in [2.24, 2.45) is 5.92 Å². The Morgan fingerprint density at radius 2 is 1.90 bits per heavy atom. The van der Waals surface area contributed by atoms with Crippen molar-refractivity contribution in [3.8, 4) is 0 Å². The zero-order chi connectivity index (χ0) is 21.8. The summed E-state index contributed by atoms with van der Waals surface area (Å²) in [5.41, 5.74) is 3.81. The second kappa shape index (κ2) is 10.5. The molecule has 174 valence electrons. The van der Waals surface area contributed by atoms with Gasteiger partial charge in [-0.15, -0.1) is 0 Å². The van der Waals surface area contributed by atoms with Crippen LogP contribution in [-0.4, -0.2) is 88.9 Å². The summed E-state index contributed by atoms with van der Waals surface area (Å²) in [7, 11) is 0. The number of carbonyl (C=O) groups is 1. The number of rotatable bonds is 9. The van der Waals surface area contributed by atoms with Gasteiger partial charge in [0.05, 0.1) is 18.9 Å². The van der Waals surface area contributed by atoms with E-state index in [2.05, 4.69) is 40.2 Å². The maximum Gasteiger partial charge on any atom is 0.225 e. The SMILES string of the molecule is CCn1nc(C)c(CN2CCCC(N(CCCN3CCOCC3)C(=O)C3CC3)C2)c1C. The van der Waals surface area contributed by atoms with Crippen molar-refractivity contribution in [1.82, 2.24) is 24.5 Å². The fourth-order valence-electron chi connectivity index (χ4n) is 5.25. The van der Waals surface area contributed by atoms with E-state index in [0.29, 0.717) is 17.9 Å². The Kier molecular flexibility index (Phi) is 7.67.